The Bertz CT molecular complexity index is 911. The molecule has 0 spiro atoms. The minimum Gasteiger partial charge on any atom is -0.325 e. The van der Waals surface area contributed by atoms with Crippen molar-refractivity contribution in [3.63, 3.8) is 0 Å². The van der Waals surface area contributed by atoms with E-state index >= 15 is 0 Å². The van der Waals surface area contributed by atoms with Gasteiger partial charge >= 0.3 is 0 Å². The lowest BCUT2D eigenvalue weighted by Gasteiger charge is -2.14. The van der Waals surface area contributed by atoms with Crippen molar-refractivity contribution >= 4 is 62.3 Å². The predicted octanol–water partition coefficient (Wildman–Crippen LogP) is 5.11. The second-order valence-corrected chi connectivity index (χ2v) is 9.17. The summed E-state index contributed by atoms with van der Waals surface area (Å²) in [6.45, 7) is 3.53. The minimum atomic E-state index is -3.88. The number of amides is 1. The highest BCUT2D eigenvalue weighted by Gasteiger charge is 2.18. The highest BCUT2D eigenvalue weighted by molar-refractivity contribution is 7.98. The summed E-state index contributed by atoms with van der Waals surface area (Å²) in [5.74, 6) is -0.416. The van der Waals surface area contributed by atoms with E-state index in [1.54, 1.807) is 19.9 Å². The Balaban J connectivity index is 2.38. The second kappa shape index (κ2) is 8.52. The van der Waals surface area contributed by atoms with Crippen LogP contribution in [0.25, 0.3) is 0 Å². The summed E-state index contributed by atoms with van der Waals surface area (Å²) in [6.07, 6.45) is 1.85. The molecule has 0 atom stereocenters. The molecule has 5 nitrogen and oxygen atoms in total. The first-order valence-corrected chi connectivity index (χ1v) is 11.1. The number of anilines is 2. The van der Waals surface area contributed by atoms with Crippen LogP contribution in [-0.4, -0.2) is 20.6 Å². The number of thioether (sulfide) groups is 1. The second-order valence-electron chi connectivity index (χ2n) is 5.77. The van der Waals surface area contributed by atoms with Gasteiger partial charge in [0.2, 0.25) is 5.91 Å². The molecule has 0 fully saturated rings. The Morgan fingerprint density at radius 3 is 2.23 bits per heavy atom. The van der Waals surface area contributed by atoms with Crippen LogP contribution in [0, 0.1) is 5.92 Å². The summed E-state index contributed by atoms with van der Waals surface area (Å²) in [5, 5.41) is 3.40. The molecule has 2 aromatic carbocycles. The van der Waals surface area contributed by atoms with Gasteiger partial charge in [0, 0.05) is 20.9 Å². The van der Waals surface area contributed by atoms with Crippen LogP contribution in [0.1, 0.15) is 13.8 Å². The van der Waals surface area contributed by atoms with Crippen LogP contribution in [0.4, 0.5) is 11.4 Å². The molecule has 0 heterocycles. The third-order valence-electron chi connectivity index (χ3n) is 3.38. The zero-order valence-corrected chi connectivity index (χ0v) is 17.5. The molecule has 0 saturated carbocycles. The van der Waals surface area contributed by atoms with Crippen molar-refractivity contribution in [3.8, 4) is 0 Å². The molecule has 0 radical (unpaired) electrons. The largest absolute Gasteiger partial charge is 0.325 e. The molecule has 0 aliphatic heterocycles. The van der Waals surface area contributed by atoms with Crippen molar-refractivity contribution in [1.82, 2.24) is 0 Å². The average molecular weight is 433 g/mol. The molecule has 0 aliphatic rings. The number of hydrogen-bond donors (Lipinski definition) is 2. The smallest absolute Gasteiger partial charge is 0.261 e. The van der Waals surface area contributed by atoms with E-state index in [-0.39, 0.29) is 22.4 Å². The first kappa shape index (κ1) is 20.9. The fourth-order valence-electron chi connectivity index (χ4n) is 2.06. The van der Waals surface area contributed by atoms with Crippen LogP contribution in [0.3, 0.4) is 0 Å². The normalized spacial score (nSPS) is 11.5. The van der Waals surface area contributed by atoms with Crippen LogP contribution in [0.5, 0.6) is 0 Å². The number of hydrogen-bond acceptors (Lipinski definition) is 4. The molecular weight excluding hydrogens is 415 g/mol. The van der Waals surface area contributed by atoms with Crippen molar-refractivity contribution in [1.29, 1.82) is 0 Å². The molecule has 2 N–H and O–H groups in total. The molecule has 0 aliphatic carbocycles. The SMILES string of the molecule is CSc1ccc(S(=O)(=O)Nc2cc(Cl)cc(Cl)c2)cc1NC(=O)C(C)C. The van der Waals surface area contributed by atoms with Crippen LogP contribution in [-0.2, 0) is 14.8 Å². The van der Waals surface area contributed by atoms with Crippen molar-refractivity contribution in [2.45, 2.75) is 23.6 Å². The minimum absolute atomic E-state index is 0.0189. The van der Waals surface area contributed by atoms with E-state index in [9.17, 15) is 13.2 Å². The summed E-state index contributed by atoms with van der Waals surface area (Å²) in [4.78, 5) is 12.8. The molecule has 9 heteroatoms. The van der Waals surface area contributed by atoms with E-state index < -0.39 is 10.0 Å². The highest BCUT2D eigenvalue weighted by Crippen LogP contribution is 2.30. The van der Waals surface area contributed by atoms with Crippen molar-refractivity contribution < 1.29 is 13.2 Å². The van der Waals surface area contributed by atoms with Gasteiger partial charge in [-0.2, -0.15) is 0 Å². The number of carbonyl (C=O) groups excluding carboxylic acids is 1. The summed E-state index contributed by atoms with van der Waals surface area (Å²) < 4.78 is 27.8. The fraction of sp³-hybridized carbons (Fsp3) is 0.235. The Hall–Kier alpha value is -1.41. The molecule has 26 heavy (non-hydrogen) atoms. The van der Waals surface area contributed by atoms with E-state index in [0.717, 1.165) is 4.90 Å². The zero-order valence-electron chi connectivity index (χ0n) is 14.3. The van der Waals surface area contributed by atoms with Gasteiger partial charge in [0.05, 0.1) is 16.3 Å². The molecule has 0 aromatic heterocycles. The molecule has 1 amide bonds. The number of nitrogens with one attached hydrogen (secondary N) is 2. The molecule has 140 valence electrons. The van der Waals surface area contributed by atoms with Gasteiger partial charge in [-0.3, -0.25) is 9.52 Å². The van der Waals surface area contributed by atoms with Gasteiger partial charge in [0.25, 0.3) is 10.0 Å². The lowest BCUT2D eigenvalue weighted by molar-refractivity contribution is -0.118. The maximum absolute atomic E-state index is 12.7. The summed E-state index contributed by atoms with van der Waals surface area (Å²) in [5.41, 5.74) is 0.701. The van der Waals surface area contributed by atoms with E-state index in [1.807, 2.05) is 6.26 Å². The number of rotatable bonds is 6. The third kappa shape index (κ3) is 5.30. The maximum Gasteiger partial charge on any atom is 0.261 e. The number of benzene rings is 2. The van der Waals surface area contributed by atoms with Gasteiger partial charge in [0.15, 0.2) is 0 Å². The molecule has 2 rings (SSSR count). The number of sulfonamides is 1. The number of halogens is 2. The zero-order chi connectivity index (χ0) is 19.5. The van der Waals surface area contributed by atoms with E-state index in [2.05, 4.69) is 10.0 Å². The summed E-state index contributed by atoms with van der Waals surface area (Å²) >= 11 is 13.2. The fourth-order valence-corrected chi connectivity index (χ4v) is 4.18. The Labute approximate surface area is 167 Å². The van der Waals surface area contributed by atoms with Crippen LogP contribution < -0.4 is 10.0 Å². The van der Waals surface area contributed by atoms with Crippen molar-refractivity contribution in [2.75, 3.05) is 16.3 Å². The van der Waals surface area contributed by atoms with Gasteiger partial charge < -0.3 is 5.32 Å². The lowest BCUT2D eigenvalue weighted by Crippen LogP contribution is -2.19. The van der Waals surface area contributed by atoms with Crippen LogP contribution >= 0.6 is 35.0 Å². The third-order valence-corrected chi connectivity index (χ3v) is 5.99. The quantitative estimate of drug-likeness (QED) is 0.621. The Kier molecular flexibility index (Phi) is 6.85. The molecule has 0 saturated heterocycles. The van der Waals surface area contributed by atoms with Crippen LogP contribution in [0.15, 0.2) is 46.2 Å². The Morgan fingerprint density at radius 2 is 1.69 bits per heavy atom. The van der Waals surface area contributed by atoms with Crippen LogP contribution in [0.2, 0.25) is 10.0 Å². The van der Waals surface area contributed by atoms with Crippen molar-refractivity contribution in [3.05, 3.63) is 46.4 Å². The summed E-state index contributed by atoms with van der Waals surface area (Å²) in [6, 6.07) is 8.99. The summed E-state index contributed by atoms with van der Waals surface area (Å²) in [7, 11) is -3.88. The molecule has 0 bridgehead atoms. The molecule has 0 unspecified atom stereocenters. The first-order chi connectivity index (χ1) is 12.1. The van der Waals surface area contributed by atoms with E-state index in [4.69, 9.17) is 23.2 Å². The number of carbonyl (C=O) groups is 1. The Morgan fingerprint density at radius 1 is 1.08 bits per heavy atom. The van der Waals surface area contributed by atoms with Gasteiger partial charge in [-0.15, -0.1) is 11.8 Å². The molecule has 2 aromatic rings. The maximum atomic E-state index is 12.7. The average Bonchev–Trinajstić information content (AvgIpc) is 2.53. The van der Waals surface area contributed by atoms with Gasteiger partial charge in [-0.05, 0) is 42.7 Å². The van der Waals surface area contributed by atoms with Gasteiger partial charge in [-0.25, -0.2) is 8.42 Å². The standard InChI is InChI=1S/C17H18Cl2N2O3S2/c1-10(2)17(22)20-15-9-14(4-5-16(15)25-3)26(23,24)21-13-7-11(18)6-12(19)8-13/h4-10,21H,1-3H3,(H,20,22). The van der Waals surface area contributed by atoms with Gasteiger partial charge in [-0.1, -0.05) is 37.0 Å². The highest BCUT2D eigenvalue weighted by atomic mass is 35.5. The molecular formula is C17H18Cl2N2O3S2. The van der Waals surface area contributed by atoms with E-state index in [1.165, 1.54) is 42.1 Å². The first-order valence-electron chi connectivity index (χ1n) is 7.60. The monoisotopic (exact) mass is 432 g/mol. The lowest BCUT2D eigenvalue weighted by atomic mass is 10.2. The van der Waals surface area contributed by atoms with E-state index in [0.29, 0.717) is 15.7 Å². The predicted molar refractivity (Wildman–Crippen MR) is 109 cm³/mol. The topological polar surface area (TPSA) is 75.3 Å². The van der Waals surface area contributed by atoms with Gasteiger partial charge in [0.1, 0.15) is 0 Å². The van der Waals surface area contributed by atoms with Crippen molar-refractivity contribution in [2.24, 2.45) is 5.92 Å².